The fourth-order valence-electron chi connectivity index (χ4n) is 2.36. The Morgan fingerprint density at radius 2 is 1.93 bits per heavy atom. The molecule has 2 rings (SSSR count). The van der Waals surface area contributed by atoms with Crippen LogP contribution in [-0.4, -0.2) is 39.1 Å². The number of benzene rings is 1. The molecule has 150 valence electrons. The van der Waals surface area contributed by atoms with Gasteiger partial charge in [-0.15, -0.1) is 0 Å². The van der Waals surface area contributed by atoms with E-state index in [1.165, 1.54) is 0 Å². The van der Waals surface area contributed by atoms with Crippen LogP contribution in [0.5, 0.6) is 5.75 Å². The van der Waals surface area contributed by atoms with Gasteiger partial charge in [0.2, 0.25) is 5.91 Å². The van der Waals surface area contributed by atoms with Crippen molar-refractivity contribution >= 4 is 33.7 Å². The van der Waals surface area contributed by atoms with Gasteiger partial charge in [0.1, 0.15) is 5.75 Å². The number of thiocarbonyl (C=S) groups is 1. The van der Waals surface area contributed by atoms with Crippen molar-refractivity contribution in [3.63, 3.8) is 0 Å². The van der Waals surface area contributed by atoms with Crippen LogP contribution < -0.4 is 15.4 Å². The minimum absolute atomic E-state index is 0.135. The van der Waals surface area contributed by atoms with Gasteiger partial charge in [0.15, 0.2) is 5.11 Å². The summed E-state index contributed by atoms with van der Waals surface area (Å²) in [6.45, 7) is 2.10. The molecule has 27 heavy (non-hydrogen) atoms. The zero-order chi connectivity index (χ0) is 20.3. The summed E-state index contributed by atoms with van der Waals surface area (Å²) in [5.41, 5.74) is 0.750. The number of amides is 1. The maximum Gasteiger partial charge on any atom is 0.311 e. The minimum Gasteiger partial charge on any atom is -0.497 e. The minimum atomic E-state index is -2.20. The van der Waals surface area contributed by atoms with Crippen molar-refractivity contribution in [2.45, 2.75) is 51.0 Å². The molecule has 1 aromatic rings. The maximum atomic E-state index is 11.5. The molecular formula is C18H27N3O4S2. The maximum absolute atomic E-state index is 11.5. The van der Waals surface area contributed by atoms with Crippen molar-refractivity contribution in [2.75, 3.05) is 14.2 Å². The fraction of sp³-hybridized carbons (Fsp3) is 0.556. The standard InChI is InChI=1S/C11H14N2O2S.C7H13NO2S/c1-12-11(16)13-10(14)7-8-3-5-9(15-2)6-4-8;1-2-3-4-7(5-6-7)8-11(9)10/h3-6H,7H2,1-2H3,(H2,12,13,14,16);2-6H2,1H3. The van der Waals surface area contributed by atoms with E-state index in [9.17, 15) is 13.2 Å². The molecule has 0 spiro atoms. The third-order valence-electron chi connectivity index (χ3n) is 4.09. The number of hydrogen-bond donors (Lipinski definition) is 2. The molecule has 0 aliphatic heterocycles. The van der Waals surface area contributed by atoms with E-state index >= 15 is 0 Å². The van der Waals surface area contributed by atoms with Crippen molar-refractivity contribution in [1.82, 2.24) is 10.6 Å². The lowest BCUT2D eigenvalue weighted by molar-refractivity contribution is -0.119. The summed E-state index contributed by atoms with van der Waals surface area (Å²) in [5, 5.41) is 5.57. The second-order valence-electron chi connectivity index (χ2n) is 6.29. The third kappa shape index (κ3) is 9.48. The zero-order valence-corrected chi connectivity index (χ0v) is 17.6. The van der Waals surface area contributed by atoms with Crippen molar-refractivity contribution in [3.8, 4) is 5.75 Å². The topological polar surface area (TPSA) is 96.9 Å². The van der Waals surface area contributed by atoms with Gasteiger partial charge in [0, 0.05) is 7.05 Å². The van der Waals surface area contributed by atoms with E-state index in [1.807, 2.05) is 24.3 Å². The van der Waals surface area contributed by atoms with Crippen molar-refractivity contribution in [2.24, 2.45) is 4.36 Å². The highest BCUT2D eigenvalue weighted by atomic mass is 32.2. The molecule has 1 saturated carbocycles. The Kier molecular flexibility index (Phi) is 9.95. The SMILES string of the molecule is CCCCC1(N=S(=O)=O)CC1.CNC(=S)NC(=O)Cc1ccc(OC)cc1. The zero-order valence-electron chi connectivity index (χ0n) is 15.9. The quantitative estimate of drug-likeness (QED) is 0.667. The Morgan fingerprint density at radius 1 is 1.30 bits per heavy atom. The summed E-state index contributed by atoms with van der Waals surface area (Å²) >= 11 is 4.82. The lowest BCUT2D eigenvalue weighted by atomic mass is 10.1. The van der Waals surface area contributed by atoms with Crippen LogP contribution in [0.1, 0.15) is 44.6 Å². The van der Waals surface area contributed by atoms with Crippen LogP contribution in [0.15, 0.2) is 28.6 Å². The number of hydrogen-bond acceptors (Lipinski definition) is 6. The lowest BCUT2D eigenvalue weighted by Crippen LogP contribution is -2.37. The van der Waals surface area contributed by atoms with Crippen LogP contribution in [-0.2, 0) is 21.7 Å². The van der Waals surface area contributed by atoms with E-state index < -0.39 is 10.5 Å². The van der Waals surface area contributed by atoms with E-state index in [-0.39, 0.29) is 11.4 Å². The van der Waals surface area contributed by atoms with Crippen LogP contribution >= 0.6 is 12.2 Å². The summed E-state index contributed by atoms with van der Waals surface area (Å²) in [6, 6.07) is 7.33. The van der Waals surface area contributed by atoms with Crippen molar-refractivity contribution in [1.29, 1.82) is 0 Å². The fourth-order valence-corrected chi connectivity index (χ4v) is 3.06. The van der Waals surface area contributed by atoms with Crippen LogP contribution in [0.2, 0.25) is 0 Å². The second-order valence-corrected chi connectivity index (χ2v) is 7.31. The normalized spacial score (nSPS) is 13.4. The number of nitrogens with zero attached hydrogens (tertiary/aromatic N) is 1. The molecule has 1 amide bonds. The van der Waals surface area contributed by atoms with Gasteiger partial charge in [-0.3, -0.25) is 4.79 Å². The molecule has 0 heterocycles. The van der Waals surface area contributed by atoms with E-state index in [4.69, 9.17) is 17.0 Å². The number of methoxy groups -OCH3 is 1. The molecule has 0 unspecified atom stereocenters. The summed E-state index contributed by atoms with van der Waals surface area (Å²) in [7, 11) is 1.07. The smallest absolute Gasteiger partial charge is 0.311 e. The van der Waals surface area contributed by atoms with Gasteiger partial charge >= 0.3 is 10.5 Å². The molecule has 7 nitrogen and oxygen atoms in total. The van der Waals surface area contributed by atoms with Crippen LogP contribution in [0, 0.1) is 0 Å². The molecule has 0 radical (unpaired) electrons. The molecule has 1 aliphatic carbocycles. The molecule has 0 bridgehead atoms. The Balaban J connectivity index is 0.000000289. The number of unbranched alkanes of at least 4 members (excludes halogenated alkanes) is 1. The predicted molar refractivity (Wildman–Crippen MR) is 109 cm³/mol. The van der Waals surface area contributed by atoms with Crippen LogP contribution in [0.25, 0.3) is 0 Å². The van der Waals surface area contributed by atoms with E-state index in [2.05, 4.69) is 21.9 Å². The largest absolute Gasteiger partial charge is 0.497 e. The first-order chi connectivity index (χ1) is 12.8. The number of carbonyl (C=O) groups is 1. The van der Waals surface area contributed by atoms with Gasteiger partial charge in [-0.25, -0.2) is 0 Å². The molecular weight excluding hydrogens is 386 g/mol. The Bertz CT molecular complexity index is 749. The molecule has 1 aromatic carbocycles. The van der Waals surface area contributed by atoms with Gasteiger partial charge < -0.3 is 15.4 Å². The molecule has 9 heteroatoms. The van der Waals surface area contributed by atoms with E-state index in [0.717, 1.165) is 43.4 Å². The first kappa shape index (κ1) is 23.0. The highest BCUT2D eigenvalue weighted by molar-refractivity contribution is 7.80. The van der Waals surface area contributed by atoms with Gasteiger partial charge in [-0.2, -0.15) is 12.8 Å². The van der Waals surface area contributed by atoms with Gasteiger partial charge in [-0.05, 0) is 49.2 Å². The number of carbonyl (C=O) groups excluding carboxylic acids is 1. The Hall–Kier alpha value is -2.00. The van der Waals surface area contributed by atoms with Crippen LogP contribution in [0.4, 0.5) is 0 Å². The number of ether oxygens (including phenoxy) is 1. The molecule has 0 aromatic heterocycles. The van der Waals surface area contributed by atoms with Crippen LogP contribution in [0.3, 0.4) is 0 Å². The predicted octanol–water partition coefficient (Wildman–Crippen LogP) is 2.63. The summed E-state index contributed by atoms with van der Waals surface area (Å²) in [4.78, 5) is 11.5. The highest BCUT2D eigenvalue weighted by Crippen LogP contribution is 2.43. The Morgan fingerprint density at radius 3 is 2.37 bits per heavy atom. The summed E-state index contributed by atoms with van der Waals surface area (Å²) in [5.74, 6) is 0.638. The van der Waals surface area contributed by atoms with Gasteiger partial charge in [0.05, 0.1) is 19.1 Å². The highest BCUT2D eigenvalue weighted by Gasteiger charge is 2.42. The van der Waals surface area contributed by atoms with Crippen molar-refractivity contribution in [3.05, 3.63) is 29.8 Å². The monoisotopic (exact) mass is 413 g/mol. The lowest BCUT2D eigenvalue weighted by Gasteiger charge is -2.06. The first-order valence-electron chi connectivity index (χ1n) is 8.81. The third-order valence-corrected chi connectivity index (χ3v) is 4.94. The molecule has 2 N–H and O–H groups in total. The molecule has 0 atom stereocenters. The number of rotatable bonds is 7. The molecule has 1 fully saturated rings. The van der Waals surface area contributed by atoms with Gasteiger partial charge in [0.25, 0.3) is 0 Å². The Labute approximate surface area is 167 Å². The average molecular weight is 414 g/mol. The first-order valence-corrected chi connectivity index (χ1v) is 10.2. The summed E-state index contributed by atoms with van der Waals surface area (Å²) in [6.07, 6.45) is 5.36. The van der Waals surface area contributed by atoms with Crippen molar-refractivity contribution < 1.29 is 17.9 Å². The second kappa shape index (κ2) is 11.7. The van der Waals surface area contributed by atoms with E-state index in [0.29, 0.717) is 11.5 Å². The molecule has 1 aliphatic rings. The average Bonchev–Trinajstić information content (AvgIpc) is 3.39. The molecule has 0 saturated heterocycles. The summed E-state index contributed by atoms with van der Waals surface area (Å²) < 4.78 is 29.2. The number of nitrogens with one attached hydrogen (secondary N) is 2. The van der Waals surface area contributed by atoms with E-state index in [1.54, 1.807) is 14.2 Å². The van der Waals surface area contributed by atoms with Gasteiger partial charge in [-0.1, -0.05) is 31.9 Å².